The van der Waals surface area contributed by atoms with Gasteiger partial charge in [-0.05, 0) is 46.5 Å². The summed E-state index contributed by atoms with van der Waals surface area (Å²) in [5.74, 6) is 1.31. The molecule has 2 amide bonds. The van der Waals surface area contributed by atoms with Crippen LogP contribution in [0.4, 0.5) is 9.59 Å². The molecule has 0 bridgehead atoms. The molecule has 0 unspecified atom stereocenters. The first-order valence-corrected chi connectivity index (χ1v) is 11.8. The van der Waals surface area contributed by atoms with E-state index >= 15 is 0 Å². The van der Waals surface area contributed by atoms with Gasteiger partial charge in [0.2, 0.25) is 0 Å². The molecule has 4 rings (SSSR count). The Morgan fingerprint density at radius 1 is 0.486 bits per heavy atom. The number of imide groups is 1. The maximum atomic E-state index is 12.0. The van der Waals surface area contributed by atoms with Crippen molar-refractivity contribution in [3.8, 4) is 11.5 Å². The van der Waals surface area contributed by atoms with Gasteiger partial charge in [0.15, 0.2) is 0 Å². The lowest BCUT2D eigenvalue weighted by Gasteiger charge is -2.10. The second-order valence-corrected chi connectivity index (χ2v) is 8.12. The minimum atomic E-state index is -0.902. The average Bonchev–Trinajstić information content (AvgIpc) is 2.94. The van der Waals surface area contributed by atoms with Crippen molar-refractivity contribution >= 4 is 12.2 Å². The molecule has 0 aliphatic rings. The lowest BCUT2D eigenvalue weighted by molar-refractivity contribution is 0.117. The van der Waals surface area contributed by atoms with Gasteiger partial charge in [0, 0.05) is 0 Å². The van der Waals surface area contributed by atoms with E-state index in [-0.39, 0.29) is 13.2 Å². The molecule has 0 spiro atoms. The average molecular weight is 498 g/mol. The van der Waals surface area contributed by atoms with Crippen LogP contribution in [0.25, 0.3) is 0 Å². The summed E-state index contributed by atoms with van der Waals surface area (Å²) in [6.07, 6.45) is -1.80. The van der Waals surface area contributed by atoms with E-state index in [0.717, 1.165) is 22.3 Å². The summed E-state index contributed by atoms with van der Waals surface area (Å²) in [5, 5.41) is 2.06. The SMILES string of the molecule is O=C(NC(=O)OCc1cccc(OCc2ccccc2)c1)OCc1cccc(OCc2ccccc2)c1. The molecule has 0 aromatic heterocycles. The van der Waals surface area contributed by atoms with Crippen molar-refractivity contribution in [2.45, 2.75) is 26.4 Å². The second kappa shape index (κ2) is 13.3. The smallest absolute Gasteiger partial charge is 0.416 e. The van der Waals surface area contributed by atoms with E-state index in [9.17, 15) is 9.59 Å². The minimum absolute atomic E-state index is 0.0253. The Labute approximate surface area is 215 Å². The molecular formula is C30H27NO6. The fourth-order valence-corrected chi connectivity index (χ4v) is 3.39. The fourth-order valence-electron chi connectivity index (χ4n) is 3.39. The molecule has 0 radical (unpaired) electrons. The van der Waals surface area contributed by atoms with Gasteiger partial charge >= 0.3 is 12.2 Å². The van der Waals surface area contributed by atoms with Gasteiger partial charge in [0.05, 0.1) is 0 Å². The van der Waals surface area contributed by atoms with Gasteiger partial charge in [-0.25, -0.2) is 14.9 Å². The van der Waals surface area contributed by atoms with Gasteiger partial charge in [-0.3, -0.25) is 0 Å². The molecule has 1 N–H and O–H groups in total. The third-order valence-electron chi connectivity index (χ3n) is 5.24. The lowest BCUT2D eigenvalue weighted by Crippen LogP contribution is -2.31. The largest absolute Gasteiger partial charge is 0.489 e. The minimum Gasteiger partial charge on any atom is -0.489 e. The summed E-state index contributed by atoms with van der Waals surface area (Å²) in [6.45, 7) is 0.809. The Morgan fingerprint density at radius 3 is 1.32 bits per heavy atom. The van der Waals surface area contributed by atoms with Crippen LogP contribution >= 0.6 is 0 Å². The third-order valence-corrected chi connectivity index (χ3v) is 5.24. The molecule has 4 aromatic carbocycles. The molecule has 37 heavy (non-hydrogen) atoms. The Kier molecular flexibility index (Phi) is 9.13. The molecule has 7 nitrogen and oxygen atoms in total. The highest BCUT2D eigenvalue weighted by atomic mass is 16.6. The molecule has 4 aromatic rings. The van der Waals surface area contributed by atoms with E-state index in [1.54, 1.807) is 24.3 Å². The summed E-state index contributed by atoms with van der Waals surface area (Å²) < 4.78 is 21.8. The molecule has 0 saturated heterocycles. The van der Waals surface area contributed by atoms with Crippen LogP contribution < -0.4 is 14.8 Å². The van der Waals surface area contributed by atoms with Crippen LogP contribution in [0.2, 0.25) is 0 Å². The van der Waals surface area contributed by atoms with Crippen LogP contribution in [-0.2, 0) is 35.9 Å². The van der Waals surface area contributed by atoms with Gasteiger partial charge in [0.1, 0.15) is 37.9 Å². The van der Waals surface area contributed by atoms with Crippen LogP contribution in [0.3, 0.4) is 0 Å². The highest BCUT2D eigenvalue weighted by molar-refractivity contribution is 5.87. The van der Waals surface area contributed by atoms with Crippen molar-refractivity contribution in [1.29, 1.82) is 0 Å². The number of alkyl carbamates (subject to hydrolysis) is 2. The molecule has 188 valence electrons. The second-order valence-electron chi connectivity index (χ2n) is 8.12. The first-order chi connectivity index (χ1) is 18.1. The van der Waals surface area contributed by atoms with Crippen LogP contribution in [0, 0.1) is 0 Å². The van der Waals surface area contributed by atoms with Crippen molar-refractivity contribution in [2.75, 3.05) is 0 Å². The van der Waals surface area contributed by atoms with Gasteiger partial charge in [0.25, 0.3) is 0 Å². The zero-order valence-corrected chi connectivity index (χ0v) is 20.2. The Bertz CT molecular complexity index is 1190. The number of nitrogens with one attached hydrogen (secondary N) is 1. The molecule has 0 saturated carbocycles. The maximum Gasteiger partial charge on any atom is 0.416 e. The number of benzene rings is 4. The van der Waals surface area contributed by atoms with Crippen molar-refractivity contribution < 1.29 is 28.5 Å². The molecule has 0 heterocycles. The summed E-state index contributed by atoms with van der Waals surface area (Å²) in [7, 11) is 0. The number of carbonyl (C=O) groups excluding carboxylic acids is 2. The van der Waals surface area contributed by atoms with Crippen molar-refractivity contribution in [2.24, 2.45) is 0 Å². The standard InChI is InChI=1S/C30H27NO6/c32-29(36-21-25-13-7-15-27(17-25)34-19-23-9-3-1-4-10-23)31-30(33)37-22-26-14-8-16-28(18-26)35-20-24-11-5-2-6-12-24/h1-18H,19-22H2,(H,31,32,33). The number of rotatable bonds is 10. The molecular weight excluding hydrogens is 470 g/mol. The summed E-state index contributed by atoms with van der Waals surface area (Å²) in [4.78, 5) is 24.0. The molecule has 7 heteroatoms. The maximum absolute atomic E-state index is 12.0. The van der Waals surface area contributed by atoms with E-state index < -0.39 is 12.2 Å². The molecule has 0 atom stereocenters. The van der Waals surface area contributed by atoms with E-state index in [2.05, 4.69) is 5.32 Å². The van der Waals surface area contributed by atoms with Gasteiger partial charge in [-0.1, -0.05) is 84.9 Å². The summed E-state index contributed by atoms with van der Waals surface area (Å²) in [6, 6.07) is 34.0. The third kappa shape index (κ3) is 8.74. The van der Waals surface area contributed by atoms with E-state index in [0.29, 0.717) is 24.7 Å². The van der Waals surface area contributed by atoms with Crippen LogP contribution in [-0.4, -0.2) is 12.2 Å². The zero-order valence-electron chi connectivity index (χ0n) is 20.2. The number of ether oxygens (including phenoxy) is 4. The topological polar surface area (TPSA) is 83.1 Å². The van der Waals surface area contributed by atoms with E-state index in [1.165, 1.54) is 0 Å². The van der Waals surface area contributed by atoms with Crippen molar-refractivity contribution in [3.63, 3.8) is 0 Å². The summed E-state index contributed by atoms with van der Waals surface area (Å²) >= 11 is 0. The monoisotopic (exact) mass is 497 g/mol. The first kappa shape index (κ1) is 25.3. The predicted octanol–water partition coefficient (Wildman–Crippen LogP) is 6.41. The quantitative estimate of drug-likeness (QED) is 0.273. The Balaban J connectivity index is 1.17. The molecule has 0 aliphatic heterocycles. The van der Waals surface area contributed by atoms with Gasteiger partial charge < -0.3 is 18.9 Å². The number of amides is 2. The normalized spacial score (nSPS) is 10.3. The van der Waals surface area contributed by atoms with Gasteiger partial charge in [-0.15, -0.1) is 0 Å². The summed E-state index contributed by atoms with van der Waals surface area (Å²) in [5.41, 5.74) is 3.55. The molecule has 0 aliphatic carbocycles. The van der Waals surface area contributed by atoms with Crippen LogP contribution in [0.1, 0.15) is 22.3 Å². The first-order valence-electron chi connectivity index (χ1n) is 11.8. The van der Waals surface area contributed by atoms with Crippen LogP contribution in [0.5, 0.6) is 11.5 Å². The zero-order chi connectivity index (χ0) is 25.7. The van der Waals surface area contributed by atoms with Crippen molar-refractivity contribution in [3.05, 3.63) is 131 Å². The molecule has 0 fully saturated rings. The van der Waals surface area contributed by atoms with Gasteiger partial charge in [-0.2, -0.15) is 0 Å². The van der Waals surface area contributed by atoms with Crippen molar-refractivity contribution in [1.82, 2.24) is 5.32 Å². The fraction of sp³-hybridized carbons (Fsp3) is 0.133. The van der Waals surface area contributed by atoms with Crippen LogP contribution in [0.15, 0.2) is 109 Å². The number of carbonyl (C=O) groups is 2. The Hall–Kier alpha value is -4.78. The highest BCUT2D eigenvalue weighted by Gasteiger charge is 2.11. The Morgan fingerprint density at radius 2 is 0.892 bits per heavy atom. The highest BCUT2D eigenvalue weighted by Crippen LogP contribution is 2.17. The predicted molar refractivity (Wildman–Crippen MR) is 138 cm³/mol. The van der Waals surface area contributed by atoms with E-state index in [4.69, 9.17) is 18.9 Å². The number of hydrogen-bond donors (Lipinski definition) is 1. The van der Waals surface area contributed by atoms with E-state index in [1.807, 2.05) is 84.9 Å². The number of hydrogen-bond acceptors (Lipinski definition) is 6. The lowest BCUT2D eigenvalue weighted by atomic mass is 10.2.